The second-order valence-electron chi connectivity index (χ2n) is 7.54. The molecule has 4 rings (SSSR count). The fourth-order valence-electron chi connectivity index (χ4n) is 3.42. The number of hydrogen-bond donors (Lipinski definition) is 0. The van der Waals surface area contributed by atoms with Crippen molar-refractivity contribution in [2.24, 2.45) is 0 Å². The first-order chi connectivity index (χ1) is 14.6. The first-order valence-corrected chi connectivity index (χ1v) is 10.9. The number of nitrogens with zero attached hydrogens (tertiary/aromatic N) is 4. The Balaban J connectivity index is 1.47. The molecule has 0 atom stereocenters. The van der Waals surface area contributed by atoms with E-state index < -0.39 is 0 Å². The molecule has 4 aromatic rings. The normalized spacial score (nSPS) is 11.1. The lowest BCUT2D eigenvalue weighted by Crippen LogP contribution is -2.07. The molecule has 0 aliphatic rings. The van der Waals surface area contributed by atoms with E-state index in [4.69, 9.17) is 0 Å². The van der Waals surface area contributed by atoms with E-state index in [0.717, 1.165) is 35.6 Å². The van der Waals surface area contributed by atoms with E-state index in [1.54, 1.807) is 0 Å². The number of hydrogen-bond acceptors (Lipinski definition) is 4. The van der Waals surface area contributed by atoms with E-state index >= 15 is 0 Å². The highest BCUT2D eigenvalue weighted by Gasteiger charge is 2.11. The first-order valence-electron chi connectivity index (χ1n) is 9.97. The van der Waals surface area contributed by atoms with Crippen LogP contribution in [-0.4, -0.2) is 24.8 Å². The van der Waals surface area contributed by atoms with Gasteiger partial charge in [0.15, 0.2) is 0 Å². The zero-order chi connectivity index (χ0) is 20.9. The van der Waals surface area contributed by atoms with Gasteiger partial charge in [0.2, 0.25) is 0 Å². The van der Waals surface area contributed by atoms with Gasteiger partial charge in [-0.05, 0) is 97.5 Å². The Morgan fingerprint density at radius 1 is 0.600 bits per heavy atom. The largest absolute Gasteiger partial charge is 0.255 e. The van der Waals surface area contributed by atoms with Crippen LogP contribution in [0.1, 0.15) is 22.3 Å². The van der Waals surface area contributed by atoms with Gasteiger partial charge in [-0.2, -0.15) is 0 Å². The second-order valence-corrected chi connectivity index (χ2v) is 8.84. The van der Waals surface area contributed by atoms with Gasteiger partial charge in [-0.1, -0.05) is 15.9 Å². The summed E-state index contributed by atoms with van der Waals surface area (Å²) < 4.78 is 0. The number of alkyl halides is 1. The minimum Gasteiger partial charge on any atom is -0.255 e. The third kappa shape index (κ3) is 5.16. The van der Waals surface area contributed by atoms with E-state index in [0.29, 0.717) is 4.83 Å². The van der Waals surface area contributed by atoms with Gasteiger partial charge >= 0.3 is 0 Å². The molecule has 0 fully saturated rings. The van der Waals surface area contributed by atoms with Gasteiger partial charge in [0.05, 0.1) is 22.8 Å². The zero-order valence-electron chi connectivity index (χ0n) is 17.1. The molecule has 0 amide bonds. The molecule has 0 aliphatic carbocycles. The predicted octanol–water partition coefficient (Wildman–Crippen LogP) is 5.77. The summed E-state index contributed by atoms with van der Waals surface area (Å²) in [5.74, 6) is 0. The van der Waals surface area contributed by atoms with Crippen molar-refractivity contribution < 1.29 is 0 Å². The van der Waals surface area contributed by atoms with Crippen molar-refractivity contribution in [1.29, 1.82) is 0 Å². The molecule has 0 aromatic carbocycles. The van der Waals surface area contributed by atoms with E-state index in [9.17, 15) is 0 Å². The fourth-order valence-corrected chi connectivity index (χ4v) is 4.17. The highest BCUT2D eigenvalue weighted by Crippen LogP contribution is 2.22. The average Bonchev–Trinajstić information content (AvgIpc) is 2.74. The molecule has 5 heteroatoms. The lowest BCUT2D eigenvalue weighted by molar-refractivity contribution is 0.853. The Kier molecular flexibility index (Phi) is 6.29. The highest BCUT2D eigenvalue weighted by molar-refractivity contribution is 9.09. The molecule has 0 saturated carbocycles. The Hall–Kier alpha value is -2.92. The summed E-state index contributed by atoms with van der Waals surface area (Å²) in [6.07, 6.45) is 9.20. The SMILES string of the molecule is Cc1ccnc(-c2cc(CC(Br)Cc3ccnc(-c4cc(C)ccn4)c3)ccn2)c1. The fraction of sp³-hybridized carbons (Fsp3) is 0.200. The van der Waals surface area contributed by atoms with Gasteiger partial charge in [0.25, 0.3) is 0 Å². The Morgan fingerprint density at radius 2 is 0.967 bits per heavy atom. The summed E-state index contributed by atoms with van der Waals surface area (Å²) >= 11 is 3.86. The minimum atomic E-state index is 0.305. The molecule has 4 heterocycles. The standard InChI is InChI=1S/C25H23BrN4/c1-17-3-7-27-22(11-17)24-15-19(5-9-29-24)13-21(26)14-20-6-10-30-25(16-20)23-12-18(2)4-8-28-23/h3-12,15-16,21H,13-14H2,1-2H3. The van der Waals surface area contributed by atoms with Gasteiger partial charge in [0, 0.05) is 29.6 Å². The van der Waals surface area contributed by atoms with Crippen LogP contribution in [0.5, 0.6) is 0 Å². The van der Waals surface area contributed by atoms with Crippen LogP contribution in [0, 0.1) is 13.8 Å². The molecule has 0 spiro atoms. The average molecular weight is 459 g/mol. The quantitative estimate of drug-likeness (QED) is 0.344. The third-order valence-electron chi connectivity index (χ3n) is 4.92. The third-order valence-corrected chi connectivity index (χ3v) is 5.57. The summed E-state index contributed by atoms with van der Waals surface area (Å²) in [6, 6.07) is 16.5. The minimum absolute atomic E-state index is 0.305. The molecule has 0 saturated heterocycles. The summed E-state index contributed by atoms with van der Waals surface area (Å²) in [4.78, 5) is 18.2. The number of aromatic nitrogens is 4. The van der Waals surface area contributed by atoms with Crippen LogP contribution in [-0.2, 0) is 12.8 Å². The summed E-state index contributed by atoms with van der Waals surface area (Å²) in [6.45, 7) is 4.14. The number of pyridine rings is 4. The maximum atomic E-state index is 4.50. The smallest absolute Gasteiger partial charge is 0.0888 e. The van der Waals surface area contributed by atoms with Crippen molar-refractivity contribution in [3.05, 3.63) is 95.6 Å². The van der Waals surface area contributed by atoms with Gasteiger partial charge in [-0.15, -0.1) is 0 Å². The molecular weight excluding hydrogens is 436 g/mol. The lowest BCUT2D eigenvalue weighted by Gasteiger charge is -2.12. The maximum absolute atomic E-state index is 4.50. The van der Waals surface area contributed by atoms with Crippen LogP contribution in [0.2, 0.25) is 0 Å². The van der Waals surface area contributed by atoms with Crippen molar-refractivity contribution in [1.82, 2.24) is 19.9 Å². The Labute approximate surface area is 185 Å². The molecule has 4 nitrogen and oxygen atoms in total. The van der Waals surface area contributed by atoms with Gasteiger partial charge < -0.3 is 0 Å². The topological polar surface area (TPSA) is 51.6 Å². The highest BCUT2D eigenvalue weighted by atomic mass is 79.9. The summed E-state index contributed by atoms with van der Waals surface area (Å²) in [5.41, 5.74) is 8.48. The van der Waals surface area contributed by atoms with Crippen LogP contribution in [0.3, 0.4) is 0 Å². The van der Waals surface area contributed by atoms with Crippen LogP contribution < -0.4 is 0 Å². The number of rotatable bonds is 6. The molecule has 0 unspecified atom stereocenters. The van der Waals surface area contributed by atoms with E-state index in [2.05, 4.69) is 86.1 Å². The zero-order valence-corrected chi connectivity index (χ0v) is 18.7. The van der Waals surface area contributed by atoms with Crippen molar-refractivity contribution >= 4 is 15.9 Å². The van der Waals surface area contributed by atoms with Gasteiger partial charge in [0.1, 0.15) is 0 Å². The molecule has 4 aromatic heterocycles. The number of halogens is 1. The molecule has 0 N–H and O–H groups in total. The lowest BCUT2D eigenvalue weighted by atomic mass is 10.0. The monoisotopic (exact) mass is 458 g/mol. The van der Waals surface area contributed by atoms with Crippen LogP contribution in [0.15, 0.2) is 73.3 Å². The molecule has 0 aliphatic heterocycles. The van der Waals surface area contributed by atoms with E-state index in [-0.39, 0.29) is 0 Å². The van der Waals surface area contributed by atoms with E-state index in [1.165, 1.54) is 22.3 Å². The molecule has 0 radical (unpaired) electrons. The van der Waals surface area contributed by atoms with Crippen LogP contribution in [0.4, 0.5) is 0 Å². The molecule has 150 valence electrons. The second kappa shape index (κ2) is 9.26. The van der Waals surface area contributed by atoms with Gasteiger partial charge in [-0.3, -0.25) is 19.9 Å². The van der Waals surface area contributed by atoms with E-state index in [1.807, 2.05) is 36.9 Å². The first kappa shape index (κ1) is 20.4. The Morgan fingerprint density at radius 3 is 1.37 bits per heavy atom. The Bertz CT molecular complexity index is 1070. The van der Waals surface area contributed by atoms with Crippen LogP contribution >= 0.6 is 15.9 Å². The molecule has 0 bridgehead atoms. The summed E-state index contributed by atoms with van der Waals surface area (Å²) in [5, 5.41) is 0. The maximum Gasteiger partial charge on any atom is 0.0888 e. The number of aryl methyl sites for hydroxylation is 2. The predicted molar refractivity (Wildman–Crippen MR) is 125 cm³/mol. The van der Waals surface area contributed by atoms with Crippen molar-refractivity contribution in [2.75, 3.05) is 0 Å². The van der Waals surface area contributed by atoms with Crippen molar-refractivity contribution in [3.63, 3.8) is 0 Å². The molecular formula is C25H23BrN4. The van der Waals surface area contributed by atoms with Crippen molar-refractivity contribution in [2.45, 2.75) is 31.5 Å². The molecule has 30 heavy (non-hydrogen) atoms. The van der Waals surface area contributed by atoms with Crippen LogP contribution in [0.25, 0.3) is 22.8 Å². The summed E-state index contributed by atoms with van der Waals surface area (Å²) in [7, 11) is 0. The van der Waals surface area contributed by atoms with Crippen molar-refractivity contribution in [3.8, 4) is 22.8 Å². The van der Waals surface area contributed by atoms with Gasteiger partial charge in [-0.25, -0.2) is 0 Å².